The summed E-state index contributed by atoms with van der Waals surface area (Å²) in [6.07, 6.45) is 1.02. The maximum absolute atomic E-state index is 5.42. The molecule has 1 aromatic carbocycles. The van der Waals surface area contributed by atoms with Gasteiger partial charge in [-0.2, -0.15) is 0 Å². The first kappa shape index (κ1) is 12.5. The number of hydrogen-bond donors (Lipinski definition) is 1. The van der Waals surface area contributed by atoms with Gasteiger partial charge >= 0.3 is 0 Å². The predicted octanol–water partition coefficient (Wildman–Crippen LogP) is 1.66. The van der Waals surface area contributed by atoms with Crippen molar-refractivity contribution >= 4 is 12.4 Å². The SMILES string of the molecule is COC1(OC)NCCc2ccccc21.Cl. The predicted molar refractivity (Wildman–Crippen MR) is 61.1 cm³/mol. The Labute approximate surface area is 96.2 Å². The molecule has 0 bridgehead atoms. The molecule has 3 nitrogen and oxygen atoms in total. The average molecular weight is 230 g/mol. The molecule has 0 radical (unpaired) electrons. The van der Waals surface area contributed by atoms with Crippen LogP contribution in [0.3, 0.4) is 0 Å². The van der Waals surface area contributed by atoms with E-state index in [2.05, 4.69) is 11.4 Å². The number of methoxy groups -OCH3 is 2. The molecule has 1 heterocycles. The highest BCUT2D eigenvalue weighted by atomic mass is 35.5. The number of hydrogen-bond acceptors (Lipinski definition) is 3. The number of halogens is 1. The second kappa shape index (κ2) is 4.94. The van der Waals surface area contributed by atoms with E-state index in [0.29, 0.717) is 0 Å². The summed E-state index contributed by atoms with van der Waals surface area (Å²) >= 11 is 0. The molecule has 0 fully saturated rings. The fourth-order valence-corrected chi connectivity index (χ4v) is 1.96. The van der Waals surface area contributed by atoms with Crippen LogP contribution in [-0.2, 0) is 21.8 Å². The molecule has 15 heavy (non-hydrogen) atoms. The zero-order chi connectivity index (χ0) is 10.0. The van der Waals surface area contributed by atoms with Crippen molar-refractivity contribution in [1.29, 1.82) is 0 Å². The smallest absolute Gasteiger partial charge is 0.255 e. The Hall–Kier alpha value is -0.610. The van der Waals surface area contributed by atoms with Crippen LogP contribution in [0.4, 0.5) is 0 Å². The Morgan fingerprint density at radius 2 is 1.87 bits per heavy atom. The minimum atomic E-state index is -0.755. The van der Waals surface area contributed by atoms with E-state index < -0.39 is 5.91 Å². The van der Waals surface area contributed by atoms with Gasteiger partial charge in [-0.3, -0.25) is 5.32 Å². The maximum Gasteiger partial charge on any atom is 0.255 e. The fourth-order valence-electron chi connectivity index (χ4n) is 1.96. The zero-order valence-electron chi connectivity index (χ0n) is 8.95. The van der Waals surface area contributed by atoms with Crippen LogP contribution in [0.25, 0.3) is 0 Å². The molecule has 1 N–H and O–H groups in total. The highest BCUT2D eigenvalue weighted by Crippen LogP contribution is 2.29. The normalized spacial score (nSPS) is 17.7. The van der Waals surface area contributed by atoms with Crippen molar-refractivity contribution in [2.75, 3.05) is 20.8 Å². The second-order valence-corrected chi connectivity index (χ2v) is 3.36. The first-order valence-electron chi connectivity index (χ1n) is 4.76. The number of benzene rings is 1. The molecule has 0 saturated heterocycles. The minimum Gasteiger partial charge on any atom is -0.337 e. The van der Waals surface area contributed by atoms with Crippen molar-refractivity contribution in [3.63, 3.8) is 0 Å². The van der Waals surface area contributed by atoms with Gasteiger partial charge in [0.2, 0.25) is 0 Å². The minimum absolute atomic E-state index is 0. The lowest BCUT2D eigenvalue weighted by molar-refractivity contribution is -0.241. The van der Waals surface area contributed by atoms with Crippen LogP contribution in [0, 0.1) is 0 Å². The molecule has 0 unspecified atom stereocenters. The lowest BCUT2D eigenvalue weighted by Gasteiger charge is -2.36. The van der Waals surface area contributed by atoms with Gasteiger partial charge in [0.05, 0.1) is 0 Å². The van der Waals surface area contributed by atoms with Gasteiger partial charge in [0.15, 0.2) is 0 Å². The molecule has 1 aromatic rings. The van der Waals surface area contributed by atoms with Gasteiger partial charge in [-0.25, -0.2) is 0 Å². The summed E-state index contributed by atoms with van der Waals surface area (Å²) in [5.74, 6) is -0.755. The van der Waals surface area contributed by atoms with Gasteiger partial charge in [-0.1, -0.05) is 24.3 Å². The van der Waals surface area contributed by atoms with Crippen LogP contribution in [0.2, 0.25) is 0 Å². The molecule has 0 aliphatic carbocycles. The van der Waals surface area contributed by atoms with Crippen molar-refractivity contribution in [3.8, 4) is 0 Å². The van der Waals surface area contributed by atoms with Crippen LogP contribution in [0.15, 0.2) is 24.3 Å². The fraction of sp³-hybridized carbons (Fsp3) is 0.455. The molecule has 1 aliphatic rings. The van der Waals surface area contributed by atoms with Gasteiger partial charge in [-0.05, 0) is 12.0 Å². The van der Waals surface area contributed by atoms with Crippen molar-refractivity contribution in [2.24, 2.45) is 0 Å². The first-order valence-corrected chi connectivity index (χ1v) is 4.76. The largest absolute Gasteiger partial charge is 0.337 e. The van der Waals surface area contributed by atoms with E-state index in [1.54, 1.807) is 14.2 Å². The summed E-state index contributed by atoms with van der Waals surface area (Å²) in [5.41, 5.74) is 2.37. The quantitative estimate of drug-likeness (QED) is 0.783. The molecule has 0 atom stereocenters. The molecular weight excluding hydrogens is 214 g/mol. The molecular formula is C11H16ClNO2. The molecule has 0 spiro atoms. The first-order chi connectivity index (χ1) is 6.82. The lowest BCUT2D eigenvalue weighted by Crippen LogP contribution is -2.50. The van der Waals surface area contributed by atoms with Crippen molar-refractivity contribution in [2.45, 2.75) is 12.3 Å². The van der Waals surface area contributed by atoms with Crippen LogP contribution < -0.4 is 5.32 Å². The molecule has 4 heteroatoms. The van der Waals surface area contributed by atoms with Gasteiger partial charge < -0.3 is 9.47 Å². The van der Waals surface area contributed by atoms with E-state index in [9.17, 15) is 0 Å². The van der Waals surface area contributed by atoms with E-state index in [-0.39, 0.29) is 12.4 Å². The van der Waals surface area contributed by atoms with E-state index in [1.807, 2.05) is 18.2 Å². The van der Waals surface area contributed by atoms with Crippen LogP contribution in [0.5, 0.6) is 0 Å². The average Bonchev–Trinajstić information content (AvgIpc) is 2.28. The summed E-state index contributed by atoms with van der Waals surface area (Å²) in [5, 5.41) is 3.24. The Morgan fingerprint density at radius 3 is 2.53 bits per heavy atom. The number of rotatable bonds is 2. The highest BCUT2D eigenvalue weighted by Gasteiger charge is 2.36. The van der Waals surface area contributed by atoms with E-state index in [0.717, 1.165) is 18.5 Å². The molecule has 1 aliphatic heterocycles. The molecule has 2 rings (SSSR count). The second-order valence-electron chi connectivity index (χ2n) is 3.36. The lowest BCUT2D eigenvalue weighted by atomic mass is 9.98. The Bertz CT molecular complexity index is 326. The zero-order valence-corrected chi connectivity index (χ0v) is 9.76. The summed E-state index contributed by atoms with van der Waals surface area (Å²) in [7, 11) is 3.30. The highest BCUT2D eigenvalue weighted by molar-refractivity contribution is 5.85. The Kier molecular flexibility index (Phi) is 4.11. The third-order valence-electron chi connectivity index (χ3n) is 2.70. The summed E-state index contributed by atoms with van der Waals surface area (Å²) in [6.45, 7) is 0.874. The van der Waals surface area contributed by atoms with Gasteiger partial charge in [0.25, 0.3) is 5.91 Å². The van der Waals surface area contributed by atoms with E-state index in [1.165, 1.54) is 5.56 Å². The third kappa shape index (κ3) is 2.01. The Balaban J connectivity index is 0.00000112. The van der Waals surface area contributed by atoms with E-state index in [4.69, 9.17) is 9.47 Å². The van der Waals surface area contributed by atoms with Gasteiger partial charge in [0, 0.05) is 26.3 Å². The number of fused-ring (bicyclic) bond motifs is 1. The summed E-state index contributed by atoms with van der Waals surface area (Å²) in [4.78, 5) is 0. The van der Waals surface area contributed by atoms with Gasteiger partial charge in [0.1, 0.15) is 0 Å². The molecule has 0 aromatic heterocycles. The monoisotopic (exact) mass is 229 g/mol. The van der Waals surface area contributed by atoms with Gasteiger partial charge in [-0.15, -0.1) is 12.4 Å². The Morgan fingerprint density at radius 1 is 1.20 bits per heavy atom. The maximum atomic E-state index is 5.42. The molecule has 0 amide bonds. The summed E-state index contributed by atoms with van der Waals surface area (Å²) in [6, 6.07) is 8.19. The van der Waals surface area contributed by atoms with E-state index >= 15 is 0 Å². The van der Waals surface area contributed by atoms with Crippen LogP contribution >= 0.6 is 12.4 Å². The van der Waals surface area contributed by atoms with Crippen LogP contribution in [-0.4, -0.2) is 20.8 Å². The molecule has 84 valence electrons. The molecule has 0 saturated carbocycles. The number of nitrogens with one attached hydrogen (secondary N) is 1. The van der Waals surface area contributed by atoms with Crippen LogP contribution in [0.1, 0.15) is 11.1 Å². The van der Waals surface area contributed by atoms with Crippen molar-refractivity contribution < 1.29 is 9.47 Å². The van der Waals surface area contributed by atoms with Crippen molar-refractivity contribution in [1.82, 2.24) is 5.32 Å². The summed E-state index contributed by atoms with van der Waals surface area (Å²) < 4.78 is 10.8. The number of ether oxygens (including phenoxy) is 2. The van der Waals surface area contributed by atoms with Crippen molar-refractivity contribution in [3.05, 3.63) is 35.4 Å². The third-order valence-corrected chi connectivity index (χ3v) is 2.70. The topological polar surface area (TPSA) is 30.5 Å². The standard InChI is InChI=1S/C11H15NO2.ClH/c1-13-11(14-2)10-6-4-3-5-9(10)7-8-12-11;/h3-6,12H,7-8H2,1-2H3;1H.